The molecule has 0 bridgehead atoms. The number of carbonyl (C=O) groups excluding carboxylic acids is 1. The summed E-state index contributed by atoms with van der Waals surface area (Å²) < 4.78 is 4.98. The van der Waals surface area contributed by atoms with Gasteiger partial charge >= 0.3 is 5.97 Å². The lowest BCUT2D eigenvalue weighted by Gasteiger charge is -2.13. The second-order valence-corrected chi connectivity index (χ2v) is 3.58. The van der Waals surface area contributed by atoms with Gasteiger partial charge in [-0.1, -0.05) is 46.3 Å². The summed E-state index contributed by atoms with van der Waals surface area (Å²) in [6.45, 7) is 11.3. The number of hydrogen-bond acceptors (Lipinski definition) is 3. The van der Waals surface area contributed by atoms with Crippen molar-refractivity contribution in [1.29, 1.82) is 5.26 Å². The normalized spacial score (nSPS) is 10.2. The van der Waals surface area contributed by atoms with Gasteiger partial charge in [-0.25, -0.2) is 4.79 Å². The van der Waals surface area contributed by atoms with Gasteiger partial charge in [0.25, 0.3) is 0 Å². The molecule has 0 aromatic carbocycles. The zero-order chi connectivity index (χ0) is 13.5. The van der Waals surface area contributed by atoms with Crippen molar-refractivity contribution in [3.8, 4) is 6.07 Å². The monoisotopic (exact) mass is 237 g/mol. The van der Waals surface area contributed by atoms with Crippen LogP contribution in [-0.2, 0) is 9.53 Å². The summed E-state index contributed by atoms with van der Waals surface area (Å²) in [6.07, 6.45) is 7.03. The number of nitrogens with zero attached hydrogens (tertiary/aromatic N) is 1. The second kappa shape index (κ2) is 14.4. The molecule has 0 saturated heterocycles. The van der Waals surface area contributed by atoms with Gasteiger partial charge in [-0.05, 0) is 12.3 Å². The Hall–Kier alpha value is -1.56. The van der Waals surface area contributed by atoms with E-state index in [1.807, 2.05) is 0 Å². The fourth-order valence-electron chi connectivity index (χ4n) is 1.16. The number of carbonyl (C=O) groups is 1. The number of esters is 1. The quantitative estimate of drug-likeness (QED) is 0.386. The van der Waals surface area contributed by atoms with E-state index in [0.717, 1.165) is 12.8 Å². The largest absolute Gasteiger partial charge is 0.462 e. The Labute approximate surface area is 105 Å². The first-order chi connectivity index (χ1) is 8.15. The number of rotatable bonds is 7. The van der Waals surface area contributed by atoms with Crippen LogP contribution in [0.1, 0.15) is 39.5 Å². The molecule has 0 aliphatic rings. The molecule has 1 unspecified atom stereocenters. The molecular formula is C14H23NO2. The summed E-state index contributed by atoms with van der Waals surface area (Å²) >= 11 is 0. The minimum atomic E-state index is -0.310. The molecule has 0 N–H and O–H groups in total. The standard InChI is InChI=1S/C11H20O2.C3H3N/c1-4-7-8-10(5-2)9-13-11(12)6-3;1-2-3-4/h6,10H,3-5,7-9H2,1-2H3;2H,1H2. The minimum Gasteiger partial charge on any atom is -0.462 e. The average molecular weight is 237 g/mol. The van der Waals surface area contributed by atoms with Gasteiger partial charge in [0.1, 0.15) is 0 Å². The first kappa shape index (κ1) is 17.8. The summed E-state index contributed by atoms with van der Waals surface area (Å²) in [5, 5.41) is 7.51. The highest BCUT2D eigenvalue weighted by Gasteiger charge is 2.07. The van der Waals surface area contributed by atoms with Gasteiger partial charge in [-0.3, -0.25) is 0 Å². The zero-order valence-electron chi connectivity index (χ0n) is 10.9. The topological polar surface area (TPSA) is 50.1 Å². The Morgan fingerprint density at radius 1 is 1.47 bits per heavy atom. The van der Waals surface area contributed by atoms with Gasteiger partial charge in [0.2, 0.25) is 0 Å². The van der Waals surface area contributed by atoms with Crippen LogP contribution in [0.4, 0.5) is 0 Å². The Balaban J connectivity index is 0. The third-order valence-electron chi connectivity index (χ3n) is 2.26. The highest BCUT2D eigenvalue weighted by Crippen LogP contribution is 2.12. The fourth-order valence-corrected chi connectivity index (χ4v) is 1.16. The lowest BCUT2D eigenvalue weighted by Crippen LogP contribution is -2.12. The molecule has 0 heterocycles. The van der Waals surface area contributed by atoms with E-state index >= 15 is 0 Å². The first-order valence-electron chi connectivity index (χ1n) is 5.95. The Bertz CT molecular complexity index is 253. The second-order valence-electron chi connectivity index (χ2n) is 3.58. The summed E-state index contributed by atoms with van der Waals surface area (Å²) in [6, 6.07) is 1.69. The van der Waals surface area contributed by atoms with E-state index in [9.17, 15) is 4.79 Å². The number of allylic oxidation sites excluding steroid dienone is 1. The van der Waals surface area contributed by atoms with E-state index in [4.69, 9.17) is 10.00 Å². The van der Waals surface area contributed by atoms with Crippen molar-refractivity contribution < 1.29 is 9.53 Å². The van der Waals surface area contributed by atoms with E-state index in [0.29, 0.717) is 12.5 Å². The van der Waals surface area contributed by atoms with E-state index in [1.165, 1.54) is 25.0 Å². The molecule has 96 valence electrons. The molecule has 0 spiro atoms. The van der Waals surface area contributed by atoms with Gasteiger partial charge in [-0.2, -0.15) is 5.26 Å². The molecule has 17 heavy (non-hydrogen) atoms. The van der Waals surface area contributed by atoms with E-state index in [2.05, 4.69) is 27.0 Å². The van der Waals surface area contributed by atoms with Crippen LogP contribution in [0.5, 0.6) is 0 Å². The predicted octanol–water partition coefficient (Wildman–Crippen LogP) is 3.63. The van der Waals surface area contributed by atoms with Crippen LogP contribution in [0.2, 0.25) is 0 Å². The molecule has 0 aliphatic heterocycles. The minimum absolute atomic E-state index is 0.310. The van der Waals surface area contributed by atoms with Crippen molar-refractivity contribution in [2.75, 3.05) is 6.61 Å². The molecule has 3 nitrogen and oxygen atoms in total. The highest BCUT2D eigenvalue weighted by atomic mass is 16.5. The Morgan fingerprint density at radius 2 is 2.06 bits per heavy atom. The summed E-state index contributed by atoms with van der Waals surface area (Å²) in [5.41, 5.74) is 0. The number of hydrogen-bond donors (Lipinski definition) is 0. The van der Waals surface area contributed by atoms with E-state index < -0.39 is 0 Å². The van der Waals surface area contributed by atoms with Crippen molar-refractivity contribution in [2.45, 2.75) is 39.5 Å². The van der Waals surface area contributed by atoms with E-state index in [1.54, 1.807) is 6.07 Å². The summed E-state index contributed by atoms with van der Waals surface area (Å²) in [7, 11) is 0. The van der Waals surface area contributed by atoms with Crippen LogP contribution in [-0.4, -0.2) is 12.6 Å². The molecule has 1 atom stereocenters. The van der Waals surface area contributed by atoms with Crippen molar-refractivity contribution >= 4 is 5.97 Å². The average Bonchev–Trinajstić information content (AvgIpc) is 2.38. The molecule has 0 rings (SSSR count). The van der Waals surface area contributed by atoms with Crippen molar-refractivity contribution in [1.82, 2.24) is 0 Å². The lowest BCUT2D eigenvalue weighted by molar-refractivity contribution is -0.139. The fraction of sp³-hybridized carbons (Fsp3) is 0.571. The van der Waals surface area contributed by atoms with Crippen molar-refractivity contribution in [2.24, 2.45) is 5.92 Å². The maximum atomic E-state index is 10.8. The van der Waals surface area contributed by atoms with Crippen LogP contribution in [0.25, 0.3) is 0 Å². The maximum Gasteiger partial charge on any atom is 0.330 e. The zero-order valence-corrected chi connectivity index (χ0v) is 10.9. The molecule has 0 aromatic rings. The first-order valence-corrected chi connectivity index (χ1v) is 5.95. The van der Waals surface area contributed by atoms with Crippen LogP contribution in [0, 0.1) is 17.2 Å². The SMILES string of the molecule is C=CC#N.C=CC(=O)OCC(CC)CCCC. The molecule has 0 aromatic heterocycles. The number of ether oxygens (including phenoxy) is 1. The van der Waals surface area contributed by atoms with Gasteiger partial charge in [0.15, 0.2) is 0 Å². The van der Waals surface area contributed by atoms with Gasteiger partial charge in [0, 0.05) is 12.2 Å². The Morgan fingerprint density at radius 3 is 2.41 bits per heavy atom. The van der Waals surface area contributed by atoms with Crippen molar-refractivity contribution in [3.63, 3.8) is 0 Å². The molecular weight excluding hydrogens is 214 g/mol. The van der Waals surface area contributed by atoms with Crippen LogP contribution >= 0.6 is 0 Å². The third-order valence-corrected chi connectivity index (χ3v) is 2.26. The molecule has 0 radical (unpaired) electrons. The van der Waals surface area contributed by atoms with E-state index in [-0.39, 0.29) is 5.97 Å². The molecule has 0 saturated carbocycles. The maximum absolute atomic E-state index is 10.8. The number of unbranched alkanes of at least 4 members (excludes halogenated alkanes) is 1. The van der Waals surface area contributed by atoms with Gasteiger partial charge < -0.3 is 4.74 Å². The summed E-state index contributed by atoms with van der Waals surface area (Å²) in [4.78, 5) is 10.8. The van der Waals surface area contributed by atoms with Gasteiger partial charge in [-0.15, -0.1) is 0 Å². The van der Waals surface area contributed by atoms with Crippen LogP contribution in [0.3, 0.4) is 0 Å². The molecule has 3 heteroatoms. The molecule has 0 aliphatic carbocycles. The smallest absolute Gasteiger partial charge is 0.330 e. The molecule has 0 amide bonds. The van der Waals surface area contributed by atoms with Crippen molar-refractivity contribution in [3.05, 3.63) is 25.3 Å². The molecule has 0 fully saturated rings. The van der Waals surface area contributed by atoms with Crippen LogP contribution in [0.15, 0.2) is 25.3 Å². The Kier molecular flexibility index (Phi) is 15.1. The van der Waals surface area contributed by atoms with Gasteiger partial charge in [0.05, 0.1) is 12.7 Å². The summed E-state index contributed by atoms with van der Waals surface area (Å²) in [5.74, 6) is 0.207. The number of nitriles is 1. The predicted molar refractivity (Wildman–Crippen MR) is 70.3 cm³/mol. The highest BCUT2D eigenvalue weighted by molar-refractivity contribution is 5.81. The third kappa shape index (κ3) is 14.4. The van der Waals surface area contributed by atoms with Crippen LogP contribution < -0.4 is 0 Å². The lowest BCUT2D eigenvalue weighted by atomic mass is 10.0.